The SMILES string of the molecule is CC(CCC=O)NCc1c(Br)cccc1N1CCC(CCOc2ccc(C=O)nc2)CC1. The van der Waals surface area contributed by atoms with E-state index in [1.807, 2.05) is 0 Å². The molecule has 1 aromatic carbocycles. The van der Waals surface area contributed by atoms with E-state index in [-0.39, 0.29) is 0 Å². The lowest BCUT2D eigenvalue weighted by molar-refractivity contribution is -0.108. The second kappa shape index (κ2) is 12.7. The van der Waals surface area contributed by atoms with Gasteiger partial charge in [-0.1, -0.05) is 22.0 Å². The van der Waals surface area contributed by atoms with Crippen LogP contribution in [-0.2, 0) is 11.3 Å². The van der Waals surface area contributed by atoms with Gasteiger partial charge in [0, 0.05) is 47.8 Å². The Labute approximate surface area is 198 Å². The van der Waals surface area contributed by atoms with Crippen molar-refractivity contribution in [3.63, 3.8) is 0 Å². The predicted octanol–water partition coefficient (Wildman–Crippen LogP) is 4.80. The molecule has 32 heavy (non-hydrogen) atoms. The number of nitrogens with zero attached hydrogens (tertiary/aromatic N) is 2. The van der Waals surface area contributed by atoms with Crippen LogP contribution in [0.3, 0.4) is 0 Å². The van der Waals surface area contributed by atoms with E-state index < -0.39 is 0 Å². The summed E-state index contributed by atoms with van der Waals surface area (Å²) in [5.74, 6) is 1.35. The standard InChI is InChI=1S/C25H32BrN3O3/c1-19(4-3-14-30)27-17-23-24(26)5-2-6-25(23)29-12-9-20(10-13-29)11-15-32-22-8-7-21(18-31)28-16-22/h2,5-8,14,16,18-20,27H,3-4,9-13,15,17H2,1H3. The normalized spacial score (nSPS) is 15.4. The zero-order valence-corrected chi connectivity index (χ0v) is 20.2. The first-order valence-electron chi connectivity index (χ1n) is 11.3. The molecule has 7 heteroatoms. The number of piperidine rings is 1. The summed E-state index contributed by atoms with van der Waals surface area (Å²) >= 11 is 3.73. The first-order valence-corrected chi connectivity index (χ1v) is 12.1. The number of carbonyl (C=O) groups is 2. The molecule has 172 valence electrons. The van der Waals surface area contributed by atoms with Gasteiger partial charge >= 0.3 is 0 Å². The van der Waals surface area contributed by atoms with Crippen LogP contribution in [0.15, 0.2) is 41.0 Å². The topological polar surface area (TPSA) is 71.5 Å². The Hall–Kier alpha value is -2.25. The Morgan fingerprint density at radius 2 is 2.06 bits per heavy atom. The molecule has 1 aliphatic heterocycles. The second-order valence-corrected chi connectivity index (χ2v) is 9.22. The number of halogens is 1. The van der Waals surface area contributed by atoms with Crippen molar-refractivity contribution in [1.82, 2.24) is 10.3 Å². The molecule has 6 nitrogen and oxygen atoms in total. The largest absolute Gasteiger partial charge is 0.492 e. The molecule has 2 heterocycles. The summed E-state index contributed by atoms with van der Waals surface area (Å²) in [5.41, 5.74) is 2.98. The fourth-order valence-electron chi connectivity index (χ4n) is 4.07. The number of anilines is 1. The summed E-state index contributed by atoms with van der Waals surface area (Å²) in [6.45, 7) is 5.63. The Kier molecular flexibility index (Phi) is 9.68. The third-order valence-corrected chi connectivity index (χ3v) is 6.81. The highest BCUT2D eigenvalue weighted by Crippen LogP contribution is 2.32. The number of pyridine rings is 1. The average Bonchev–Trinajstić information content (AvgIpc) is 2.82. The summed E-state index contributed by atoms with van der Waals surface area (Å²) in [6.07, 6.45) is 8.07. The van der Waals surface area contributed by atoms with Gasteiger partial charge in [-0.25, -0.2) is 4.98 Å². The fraction of sp³-hybridized carbons (Fsp3) is 0.480. The number of benzene rings is 1. The van der Waals surface area contributed by atoms with Crippen LogP contribution in [0.25, 0.3) is 0 Å². The van der Waals surface area contributed by atoms with E-state index >= 15 is 0 Å². The van der Waals surface area contributed by atoms with Crippen molar-refractivity contribution in [3.05, 3.63) is 52.3 Å². The number of nitrogens with one attached hydrogen (secondary N) is 1. The van der Waals surface area contributed by atoms with Crippen LogP contribution in [0, 0.1) is 5.92 Å². The van der Waals surface area contributed by atoms with Crippen molar-refractivity contribution in [2.45, 2.75) is 51.6 Å². The lowest BCUT2D eigenvalue weighted by atomic mass is 9.93. The summed E-state index contributed by atoms with van der Waals surface area (Å²) in [4.78, 5) is 27.8. The number of ether oxygens (including phenoxy) is 1. The molecule has 2 aromatic rings. The van der Waals surface area contributed by atoms with E-state index in [0.717, 1.165) is 62.4 Å². The summed E-state index contributed by atoms with van der Waals surface area (Å²) in [7, 11) is 0. The Morgan fingerprint density at radius 1 is 1.25 bits per heavy atom. The molecule has 1 aromatic heterocycles. The number of carbonyl (C=O) groups excluding carboxylic acids is 2. The molecule has 1 unspecified atom stereocenters. The van der Waals surface area contributed by atoms with Crippen LogP contribution in [0.5, 0.6) is 5.75 Å². The fourth-order valence-corrected chi connectivity index (χ4v) is 4.56. The Bertz CT molecular complexity index is 867. The summed E-state index contributed by atoms with van der Waals surface area (Å²) in [6, 6.07) is 10.2. The molecular weight excluding hydrogens is 470 g/mol. The minimum Gasteiger partial charge on any atom is -0.492 e. The van der Waals surface area contributed by atoms with Crippen molar-refractivity contribution in [1.29, 1.82) is 0 Å². The van der Waals surface area contributed by atoms with E-state index in [2.05, 4.69) is 56.3 Å². The lowest BCUT2D eigenvalue weighted by Crippen LogP contribution is -2.35. The van der Waals surface area contributed by atoms with Gasteiger partial charge in [-0.3, -0.25) is 4.79 Å². The molecule has 0 spiro atoms. The van der Waals surface area contributed by atoms with E-state index in [0.29, 0.717) is 36.4 Å². The number of aldehydes is 2. The van der Waals surface area contributed by atoms with Crippen molar-refractivity contribution in [3.8, 4) is 5.75 Å². The zero-order chi connectivity index (χ0) is 22.8. The van der Waals surface area contributed by atoms with Gasteiger partial charge in [0.1, 0.15) is 17.7 Å². The van der Waals surface area contributed by atoms with Crippen molar-refractivity contribution < 1.29 is 14.3 Å². The van der Waals surface area contributed by atoms with Crippen molar-refractivity contribution >= 4 is 34.2 Å². The molecule has 1 atom stereocenters. The van der Waals surface area contributed by atoms with Crippen LogP contribution in [-0.4, -0.2) is 43.3 Å². The van der Waals surface area contributed by atoms with Crippen LogP contribution < -0.4 is 15.0 Å². The van der Waals surface area contributed by atoms with E-state index in [9.17, 15) is 9.59 Å². The minimum absolute atomic E-state index is 0.302. The number of hydrogen-bond acceptors (Lipinski definition) is 6. The predicted molar refractivity (Wildman–Crippen MR) is 130 cm³/mol. The maximum Gasteiger partial charge on any atom is 0.168 e. The van der Waals surface area contributed by atoms with Gasteiger partial charge in [0.25, 0.3) is 0 Å². The van der Waals surface area contributed by atoms with E-state index in [1.54, 1.807) is 18.3 Å². The molecule has 0 aliphatic carbocycles. The third-order valence-electron chi connectivity index (χ3n) is 6.07. The molecular formula is C25H32BrN3O3. The smallest absolute Gasteiger partial charge is 0.168 e. The number of aromatic nitrogens is 1. The Morgan fingerprint density at radius 3 is 2.75 bits per heavy atom. The monoisotopic (exact) mass is 501 g/mol. The van der Waals surface area contributed by atoms with E-state index in [1.165, 1.54) is 11.3 Å². The van der Waals surface area contributed by atoms with Crippen LogP contribution in [0.4, 0.5) is 5.69 Å². The first kappa shape index (κ1) is 24.4. The van der Waals surface area contributed by atoms with E-state index in [4.69, 9.17) is 4.74 Å². The quantitative estimate of drug-likeness (QED) is 0.421. The molecule has 0 amide bonds. The highest BCUT2D eigenvalue weighted by molar-refractivity contribution is 9.10. The summed E-state index contributed by atoms with van der Waals surface area (Å²) < 4.78 is 6.93. The lowest BCUT2D eigenvalue weighted by Gasteiger charge is -2.35. The van der Waals surface area contributed by atoms with Gasteiger partial charge in [0.15, 0.2) is 6.29 Å². The molecule has 0 radical (unpaired) electrons. The molecule has 1 aliphatic rings. The molecule has 1 N–H and O–H groups in total. The van der Waals surface area contributed by atoms with Gasteiger partial charge in [0.05, 0.1) is 12.8 Å². The maximum absolute atomic E-state index is 10.7. The minimum atomic E-state index is 0.302. The average molecular weight is 502 g/mol. The number of hydrogen-bond donors (Lipinski definition) is 1. The third kappa shape index (κ3) is 7.14. The Balaban J connectivity index is 1.48. The van der Waals surface area contributed by atoms with Crippen molar-refractivity contribution in [2.75, 3.05) is 24.6 Å². The first-order chi connectivity index (χ1) is 15.6. The van der Waals surface area contributed by atoms with Gasteiger partial charge in [-0.2, -0.15) is 0 Å². The van der Waals surface area contributed by atoms with Gasteiger partial charge in [-0.05, 0) is 62.8 Å². The highest BCUT2D eigenvalue weighted by atomic mass is 79.9. The second-order valence-electron chi connectivity index (χ2n) is 8.37. The van der Waals surface area contributed by atoms with Crippen LogP contribution in [0.2, 0.25) is 0 Å². The molecule has 1 fully saturated rings. The molecule has 3 rings (SSSR count). The number of rotatable bonds is 12. The van der Waals surface area contributed by atoms with Crippen molar-refractivity contribution in [2.24, 2.45) is 5.92 Å². The summed E-state index contributed by atoms with van der Waals surface area (Å²) in [5, 5.41) is 3.56. The molecule has 0 saturated carbocycles. The van der Waals surface area contributed by atoms with Gasteiger partial charge in [-0.15, -0.1) is 0 Å². The van der Waals surface area contributed by atoms with Crippen LogP contribution >= 0.6 is 15.9 Å². The maximum atomic E-state index is 10.7. The van der Waals surface area contributed by atoms with Crippen LogP contribution in [0.1, 0.15) is 55.1 Å². The van der Waals surface area contributed by atoms with Gasteiger partial charge < -0.3 is 19.7 Å². The molecule has 0 bridgehead atoms. The zero-order valence-electron chi connectivity index (χ0n) is 18.6. The van der Waals surface area contributed by atoms with Gasteiger partial charge in [0.2, 0.25) is 0 Å². The highest BCUT2D eigenvalue weighted by Gasteiger charge is 2.22. The molecule has 1 saturated heterocycles.